The van der Waals surface area contributed by atoms with Crippen LogP contribution in [-0.2, 0) is 4.79 Å². The lowest BCUT2D eigenvalue weighted by Gasteiger charge is -2.27. The normalized spacial score (nSPS) is 13.9. The van der Waals surface area contributed by atoms with Gasteiger partial charge in [-0.25, -0.2) is 0 Å². The first-order valence-corrected chi connectivity index (χ1v) is 27.1. The zero-order valence-electron chi connectivity index (χ0n) is 40.5. The number of hydrogen-bond donors (Lipinski definition) is 5. The van der Waals surface area contributed by atoms with E-state index in [0.717, 1.165) is 38.5 Å². The molecule has 0 heterocycles. The largest absolute Gasteiger partial charge is 0.394 e. The first kappa shape index (κ1) is 59.0. The Morgan fingerprint density at radius 2 is 0.667 bits per heavy atom. The van der Waals surface area contributed by atoms with E-state index in [0.29, 0.717) is 12.8 Å². The molecule has 0 aliphatic carbocycles. The Labute approximate surface area is 374 Å². The average molecular weight is 850 g/mol. The molecule has 0 saturated heterocycles. The van der Waals surface area contributed by atoms with E-state index in [9.17, 15) is 25.2 Å². The Balaban J connectivity index is 3.63. The number of amides is 1. The summed E-state index contributed by atoms with van der Waals surface area (Å²) in [5.41, 5.74) is 0. The van der Waals surface area contributed by atoms with Crippen LogP contribution in [0.3, 0.4) is 0 Å². The van der Waals surface area contributed by atoms with Crippen LogP contribution in [0.1, 0.15) is 296 Å². The molecule has 0 rings (SSSR count). The van der Waals surface area contributed by atoms with E-state index in [2.05, 4.69) is 31.3 Å². The van der Waals surface area contributed by atoms with E-state index in [1.165, 1.54) is 231 Å². The molecule has 0 spiro atoms. The quantitative estimate of drug-likeness (QED) is 0.0309. The first-order chi connectivity index (χ1) is 29.5. The molecule has 4 atom stereocenters. The Morgan fingerprint density at radius 3 is 0.967 bits per heavy atom. The highest BCUT2D eigenvalue weighted by atomic mass is 16.3. The van der Waals surface area contributed by atoms with Crippen LogP contribution in [0.25, 0.3) is 0 Å². The van der Waals surface area contributed by atoms with Gasteiger partial charge in [0.15, 0.2) is 0 Å². The van der Waals surface area contributed by atoms with Crippen LogP contribution in [0, 0.1) is 0 Å². The first-order valence-electron chi connectivity index (χ1n) is 27.1. The fourth-order valence-electron chi connectivity index (χ4n) is 8.70. The van der Waals surface area contributed by atoms with Gasteiger partial charge in [-0.3, -0.25) is 4.79 Å². The number of carbonyl (C=O) groups excluding carboxylic acids is 1. The molecule has 60 heavy (non-hydrogen) atoms. The molecule has 5 N–H and O–H groups in total. The van der Waals surface area contributed by atoms with Crippen molar-refractivity contribution in [2.75, 3.05) is 6.61 Å². The Hall–Kier alpha value is -0.950. The second-order valence-electron chi connectivity index (χ2n) is 18.9. The van der Waals surface area contributed by atoms with Gasteiger partial charge >= 0.3 is 0 Å². The van der Waals surface area contributed by atoms with Gasteiger partial charge in [0.25, 0.3) is 0 Å². The molecule has 0 aromatic rings. The van der Waals surface area contributed by atoms with Crippen LogP contribution in [0.4, 0.5) is 0 Å². The lowest BCUT2D eigenvalue weighted by molar-refractivity contribution is -0.132. The van der Waals surface area contributed by atoms with Crippen molar-refractivity contribution < 1.29 is 25.2 Å². The van der Waals surface area contributed by atoms with Crippen LogP contribution in [0.15, 0.2) is 12.2 Å². The standard InChI is InChI=1S/C54H107NO5/c1-3-5-7-9-11-13-15-17-19-21-23-24-25-26-27-28-30-32-34-36-38-40-42-44-46-48-52(58)54(60)55-50(49-56)53(59)51(57)47-45-43-41-39-37-35-33-31-29-22-20-18-16-14-12-10-8-6-4-2/h26-27,50-53,56-59H,3-25,28-49H2,1-2H3,(H,55,60)/b27-26-. The maximum Gasteiger partial charge on any atom is 0.249 e. The maximum atomic E-state index is 12.6. The molecule has 4 unspecified atom stereocenters. The second-order valence-corrected chi connectivity index (χ2v) is 18.9. The van der Waals surface area contributed by atoms with Gasteiger partial charge in [-0.2, -0.15) is 0 Å². The van der Waals surface area contributed by atoms with E-state index in [1.54, 1.807) is 0 Å². The SMILES string of the molecule is CCCCCCCCCCCCCC/C=C\CCCCCCCCCCCC(O)C(=O)NC(CO)C(O)C(O)CCCCCCCCCCCCCCCCCCCCC. The van der Waals surface area contributed by atoms with Crippen molar-refractivity contribution in [3.05, 3.63) is 12.2 Å². The van der Waals surface area contributed by atoms with Crippen LogP contribution in [-0.4, -0.2) is 57.3 Å². The Bertz CT molecular complexity index is 867. The molecule has 1 amide bonds. The van der Waals surface area contributed by atoms with Crippen molar-refractivity contribution >= 4 is 5.91 Å². The fraction of sp³-hybridized carbons (Fsp3) is 0.944. The molecule has 0 aromatic heterocycles. The minimum atomic E-state index is -1.26. The molecule has 0 bridgehead atoms. The minimum absolute atomic E-state index is 0.370. The van der Waals surface area contributed by atoms with Gasteiger partial charge in [-0.1, -0.05) is 270 Å². The number of allylic oxidation sites excluding steroid dienone is 2. The minimum Gasteiger partial charge on any atom is -0.394 e. The summed E-state index contributed by atoms with van der Waals surface area (Å²) in [5.74, 6) is -0.581. The molecule has 6 heteroatoms. The molecule has 6 nitrogen and oxygen atoms in total. The van der Waals surface area contributed by atoms with E-state index >= 15 is 0 Å². The number of aliphatic hydroxyl groups is 4. The van der Waals surface area contributed by atoms with Crippen molar-refractivity contribution in [1.29, 1.82) is 0 Å². The van der Waals surface area contributed by atoms with E-state index in [4.69, 9.17) is 0 Å². The summed E-state index contributed by atoms with van der Waals surface area (Å²) in [6, 6.07) is -0.984. The summed E-state index contributed by atoms with van der Waals surface area (Å²) < 4.78 is 0. The third-order valence-electron chi connectivity index (χ3n) is 13.0. The molecular weight excluding hydrogens is 743 g/mol. The Kier molecular flexibility index (Phi) is 48.3. The summed E-state index contributed by atoms with van der Waals surface area (Å²) in [5, 5.41) is 44.0. The number of hydrogen-bond acceptors (Lipinski definition) is 5. The van der Waals surface area contributed by atoms with Gasteiger partial charge in [-0.15, -0.1) is 0 Å². The van der Waals surface area contributed by atoms with Gasteiger partial charge in [0.1, 0.15) is 12.2 Å². The molecule has 0 aromatic carbocycles. The predicted octanol–water partition coefficient (Wildman–Crippen LogP) is 15.3. The van der Waals surface area contributed by atoms with Crippen molar-refractivity contribution in [2.24, 2.45) is 0 Å². The fourth-order valence-corrected chi connectivity index (χ4v) is 8.70. The van der Waals surface area contributed by atoms with Gasteiger partial charge in [-0.05, 0) is 38.5 Å². The third kappa shape index (κ3) is 42.4. The zero-order valence-corrected chi connectivity index (χ0v) is 40.5. The molecular formula is C54H107NO5. The number of carbonyl (C=O) groups is 1. The average Bonchev–Trinajstić information content (AvgIpc) is 3.25. The van der Waals surface area contributed by atoms with Gasteiger partial charge in [0, 0.05) is 0 Å². The zero-order chi connectivity index (χ0) is 43.8. The second kappa shape index (κ2) is 49.1. The highest BCUT2D eigenvalue weighted by molar-refractivity contribution is 5.80. The van der Waals surface area contributed by atoms with Crippen molar-refractivity contribution in [3.8, 4) is 0 Å². The third-order valence-corrected chi connectivity index (χ3v) is 13.0. The van der Waals surface area contributed by atoms with E-state index in [-0.39, 0.29) is 0 Å². The highest BCUT2D eigenvalue weighted by Crippen LogP contribution is 2.18. The molecule has 0 aliphatic heterocycles. The molecule has 0 aliphatic rings. The van der Waals surface area contributed by atoms with E-state index in [1.807, 2.05) is 0 Å². The number of aliphatic hydroxyl groups excluding tert-OH is 4. The Morgan fingerprint density at radius 1 is 0.400 bits per heavy atom. The van der Waals surface area contributed by atoms with Crippen LogP contribution < -0.4 is 5.32 Å². The van der Waals surface area contributed by atoms with Crippen LogP contribution in [0.2, 0.25) is 0 Å². The number of nitrogens with one attached hydrogen (secondary N) is 1. The van der Waals surface area contributed by atoms with Gasteiger partial charge < -0.3 is 25.7 Å². The molecule has 0 radical (unpaired) electrons. The molecule has 0 saturated carbocycles. The monoisotopic (exact) mass is 850 g/mol. The highest BCUT2D eigenvalue weighted by Gasteiger charge is 2.28. The summed E-state index contributed by atoms with van der Waals surface area (Å²) >= 11 is 0. The van der Waals surface area contributed by atoms with Crippen LogP contribution >= 0.6 is 0 Å². The van der Waals surface area contributed by atoms with Crippen molar-refractivity contribution in [2.45, 2.75) is 321 Å². The molecule has 358 valence electrons. The lowest BCUT2D eigenvalue weighted by Crippen LogP contribution is -2.53. The van der Waals surface area contributed by atoms with Crippen LogP contribution in [0.5, 0.6) is 0 Å². The van der Waals surface area contributed by atoms with Gasteiger partial charge in [0.05, 0.1) is 18.8 Å². The maximum absolute atomic E-state index is 12.6. The number of unbranched alkanes of at least 4 members (excludes halogenated alkanes) is 39. The summed E-state index contributed by atoms with van der Waals surface area (Å²) in [6.07, 6.45) is 56.9. The lowest BCUT2D eigenvalue weighted by atomic mass is 9.99. The summed E-state index contributed by atoms with van der Waals surface area (Å²) in [4.78, 5) is 12.6. The van der Waals surface area contributed by atoms with Crippen molar-refractivity contribution in [1.82, 2.24) is 5.32 Å². The van der Waals surface area contributed by atoms with Crippen molar-refractivity contribution in [3.63, 3.8) is 0 Å². The van der Waals surface area contributed by atoms with Gasteiger partial charge in [0.2, 0.25) is 5.91 Å². The predicted molar refractivity (Wildman–Crippen MR) is 261 cm³/mol. The number of rotatable bonds is 50. The topological polar surface area (TPSA) is 110 Å². The van der Waals surface area contributed by atoms with E-state index < -0.39 is 36.9 Å². The summed E-state index contributed by atoms with van der Waals surface area (Å²) in [6.45, 7) is 4.09. The summed E-state index contributed by atoms with van der Waals surface area (Å²) in [7, 11) is 0. The molecule has 0 fully saturated rings. The smallest absolute Gasteiger partial charge is 0.249 e.